The van der Waals surface area contributed by atoms with Crippen LogP contribution in [0.25, 0.3) is 0 Å². The molecule has 0 heterocycles. The van der Waals surface area contributed by atoms with E-state index in [0.29, 0.717) is 0 Å². The van der Waals surface area contributed by atoms with Gasteiger partial charge in [0.1, 0.15) is 0 Å². The monoisotopic (exact) mass is 223 g/mol. The topological polar surface area (TPSA) is 26.0 Å². The van der Waals surface area contributed by atoms with Crippen LogP contribution in [0.4, 0.5) is 0 Å². The molecule has 2 fully saturated rings. The molecule has 2 aliphatic carbocycles. The minimum atomic E-state index is 0.208. The third kappa shape index (κ3) is 2.61. The summed E-state index contributed by atoms with van der Waals surface area (Å²) in [5.74, 6) is 2.64. The Morgan fingerprint density at radius 3 is 2.25 bits per heavy atom. The van der Waals surface area contributed by atoms with Crippen LogP contribution in [0, 0.1) is 17.8 Å². The summed E-state index contributed by atoms with van der Waals surface area (Å²) >= 11 is 0. The summed E-state index contributed by atoms with van der Waals surface area (Å²) in [6.07, 6.45) is 12.4. The third-order valence-corrected chi connectivity index (χ3v) is 5.31. The smallest absolute Gasteiger partial charge is 0.0182 e. The Balaban J connectivity index is 1.96. The molecule has 2 unspecified atom stereocenters. The minimum Gasteiger partial charge on any atom is -0.325 e. The molecule has 2 N–H and O–H groups in total. The van der Waals surface area contributed by atoms with E-state index in [1.807, 2.05) is 0 Å². The van der Waals surface area contributed by atoms with Crippen molar-refractivity contribution < 1.29 is 0 Å². The largest absolute Gasteiger partial charge is 0.325 e. The Labute approximate surface area is 101 Å². The highest BCUT2D eigenvalue weighted by Crippen LogP contribution is 2.42. The second-order valence-corrected chi connectivity index (χ2v) is 6.65. The fourth-order valence-electron chi connectivity index (χ4n) is 3.99. The Morgan fingerprint density at radius 1 is 0.938 bits per heavy atom. The SMILES string of the molecule is CC(C)C1CCCC(N)(C2CCCC2)CC1. The van der Waals surface area contributed by atoms with E-state index in [0.717, 1.165) is 17.8 Å². The van der Waals surface area contributed by atoms with Crippen LogP contribution in [0.1, 0.15) is 71.6 Å². The molecule has 0 saturated heterocycles. The van der Waals surface area contributed by atoms with Crippen molar-refractivity contribution >= 4 is 0 Å². The molecular formula is C15H29N. The zero-order valence-corrected chi connectivity index (χ0v) is 11.2. The van der Waals surface area contributed by atoms with Crippen molar-refractivity contribution in [3.8, 4) is 0 Å². The van der Waals surface area contributed by atoms with Crippen molar-refractivity contribution in [3.05, 3.63) is 0 Å². The summed E-state index contributed by atoms with van der Waals surface area (Å²) in [7, 11) is 0. The summed E-state index contributed by atoms with van der Waals surface area (Å²) < 4.78 is 0. The van der Waals surface area contributed by atoms with Crippen molar-refractivity contribution in [3.63, 3.8) is 0 Å². The average Bonchev–Trinajstić information content (AvgIpc) is 2.70. The van der Waals surface area contributed by atoms with Gasteiger partial charge in [0, 0.05) is 5.54 Å². The lowest BCUT2D eigenvalue weighted by Gasteiger charge is -2.35. The van der Waals surface area contributed by atoms with Crippen molar-refractivity contribution in [2.75, 3.05) is 0 Å². The maximum atomic E-state index is 6.73. The van der Waals surface area contributed by atoms with Crippen molar-refractivity contribution in [1.82, 2.24) is 0 Å². The Morgan fingerprint density at radius 2 is 1.62 bits per heavy atom. The Kier molecular flexibility index (Phi) is 3.94. The van der Waals surface area contributed by atoms with Crippen LogP contribution in [-0.2, 0) is 0 Å². The number of hydrogen-bond donors (Lipinski definition) is 1. The molecule has 1 nitrogen and oxygen atoms in total. The third-order valence-electron chi connectivity index (χ3n) is 5.31. The van der Waals surface area contributed by atoms with Crippen LogP contribution in [0.2, 0.25) is 0 Å². The van der Waals surface area contributed by atoms with E-state index in [4.69, 9.17) is 5.73 Å². The van der Waals surface area contributed by atoms with Gasteiger partial charge in [-0.3, -0.25) is 0 Å². The number of nitrogens with two attached hydrogens (primary N) is 1. The molecule has 0 bridgehead atoms. The molecule has 0 aromatic carbocycles. The van der Waals surface area contributed by atoms with Crippen LogP contribution in [0.5, 0.6) is 0 Å². The molecule has 2 saturated carbocycles. The van der Waals surface area contributed by atoms with Gasteiger partial charge >= 0.3 is 0 Å². The van der Waals surface area contributed by atoms with Gasteiger partial charge in [-0.25, -0.2) is 0 Å². The minimum absolute atomic E-state index is 0.208. The zero-order chi connectivity index (χ0) is 11.6. The van der Waals surface area contributed by atoms with Gasteiger partial charge in [-0.05, 0) is 49.9 Å². The van der Waals surface area contributed by atoms with E-state index in [1.165, 1.54) is 57.8 Å². The molecule has 1 heteroatoms. The Bertz CT molecular complexity index is 217. The summed E-state index contributed by atoms with van der Waals surface area (Å²) in [6, 6.07) is 0. The summed E-state index contributed by atoms with van der Waals surface area (Å²) in [4.78, 5) is 0. The van der Waals surface area contributed by atoms with Gasteiger partial charge in [0.25, 0.3) is 0 Å². The van der Waals surface area contributed by atoms with Gasteiger partial charge in [-0.2, -0.15) is 0 Å². The maximum absolute atomic E-state index is 6.73. The first-order valence-electron chi connectivity index (χ1n) is 7.41. The van der Waals surface area contributed by atoms with Crippen LogP contribution in [0.15, 0.2) is 0 Å². The lowest BCUT2D eigenvalue weighted by Crippen LogP contribution is -2.45. The lowest BCUT2D eigenvalue weighted by molar-refractivity contribution is 0.234. The first-order chi connectivity index (χ1) is 7.62. The van der Waals surface area contributed by atoms with E-state index in [9.17, 15) is 0 Å². The predicted octanol–water partition coefficient (Wildman–Crippen LogP) is 4.11. The number of hydrogen-bond acceptors (Lipinski definition) is 1. The van der Waals surface area contributed by atoms with E-state index in [1.54, 1.807) is 0 Å². The number of rotatable bonds is 2. The summed E-state index contributed by atoms with van der Waals surface area (Å²) in [6.45, 7) is 4.76. The van der Waals surface area contributed by atoms with Crippen molar-refractivity contribution in [2.24, 2.45) is 23.5 Å². The molecule has 2 atom stereocenters. The van der Waals surface area contributed by atoms with Crippen LogP contribution >= 0.6 is 0 Å². The quantitative estimate of drug-likeness (QED) is 0.700. The standard InChI is InChI=1S/C15H29N/c1-12(2)13-6-5-10-15(16,11-9-13)14-7-3-4-8-14/h12-14H,3-11,16H2,1-2H3. The van der Waals surface area contributed by atoms with Crippen LogP contribution < -0.4 is 5.73 Å². The molecule has 2 aliphatic rings. The van der Waals surface area contributed by atoms with Gasteiger partial charge in [0.2, 0.25) is 0 Å². The van der Waals surface area contributed by atoms with E-state index >= 15 is 0 Å². The molecule has 0 aliphatic heterocycles. The van der Waals surface area contributed by atoms with Gasteiger partial charge < -0.3 is 5.73 Å². The van der Waals surface area contributed by atoms with Gasteiger partial charge in [-0.15, -0.1) is 0 Å². The molecule has 94 valence electrons. The van der Waals surface area contributed by atoms with Crippen LogP contribution in [0.3, 0.4) is 0 Å². The highest BCUT2D eigenvalue weighted by Gasteiger charge is 2.38. The Hall–Kier alpha value is -0.0400. The van der Waals surface area contributed by atoms with Gasteiger partial charge in [0.15, 0.2) is 0 Å². The molecule has 0 radical (unpaired) electrons. The van der Waals surface area contributed by atoms with E-state index in [-0.39, 0.29) is 5.54 Å². The predicted molar refractivity (Wildman–Crippen MR) is 70.3 cm³/mol. The fourth-order valence-corrected chi connectivity index (χ4v) is 3.99. The first-order valence-corrected chi connectivity index (χ1v) is 7.41. The van der Waals surface area contributed by atoms with Gasteiger partial charge in [-0.1, -0.05) is 39.5 Å². The summed E-state index contributed by atoms with van der Waals surface area (Å²) in [5.41, 5.74) is 6.94. The second kappa shape index (κ2) is 5.08. The molecule has 0 amide bonds. The lowest BCUT2D eigenvalue weighted by atomic mass is 9.77. The van der Waals surface area contributed by atoms with Crippen LogP contribution in [-0.4, -0.2) is 5.54 Å². The molecule has 2 rings (SSSR count). The molecule has 0 aromatic heterocycles. The fraction of sp³-hybridized carbons (Fsp3) is 1.00. The molecule has 0 aromatic rings. The maximum Gasteiger partial charge on any atom is 0.0182 e. The normalized spacial score (nSPS) is 37.9. The van der Waals surface area contributed by atoms with Gasteiger partial charge in [0.05, 0.1) is 0 Å². The van der Waals surface area contributed by atoms with Crippen molar-refractivity contribution in [1.29, 1.82) is 0 Å². The average molecular weight is 223 g/mol. The highest BCUT2D eigenvalue weighted by molar-refractivity contribution is 4.95. The molecule has 0 spiro atoms. The van der Waals surface area contributed by atoms with E-state index in [2.05, 4.69) is 13.8 Å². The second-order valence-electron chi connectivity index (χ2n) is 6.65. The zero-order valence-electron chi connectivity index (χ0n) is 11.2. The summed E-state index contributed by atoms with van der Waals surface area (Å²) in [5, 5.41) is 0. The highest BCUT2D eigenvalue weighted by atomic mass is 14.8. The first kappa shape index (κ1) is 12.4. The van der Waals surface area contributed by atoms with Crippen molar-refractivity contribution in [2.45, 2.75) is 77.2 Å². The molecule has 16 heavy (non-hydrogen) atoms. The molecular weight excluding hydrogens is 194 g/mol. The van der Waals surface area contributed by atoms with E-state index < -0.39 is 0 Å².